The monoisotopic (exact) mass is 286 g/mol. The summed E-state index contributed by atoms with van der Waals surface area (Å²) in [5.74, 6) is 2.68. The van der Waals surface area contributed by atoms with Crippen LogP contribution >= 0.6 is 0 Å². The van der Waals surface area contributed by atoms with E-state index in [1.54, 1.807) is 0 Å². The molecule has 0 heterocycles. The van der Waals surface area contributed by atoms with Crippen molar-refractivity contribution in [2.75, 3.05) is 27.9 Å². The molecule has 104 valence electrons. The van der Waals surface area contributed by atoms with Crippen LogP contribution in [0.3, 0.4) is 0 Å². The average Bonchev–Trinajstić information content (AvgIpc) is 2.43. The maximum Gasteiger partial charge on any atom is 0.300 e. The smallest absolute Gasteiger partial charge is 0.300 e. The molecular formula is C12H14O6S. The molecule has 0 aromatic heterocycles. The molecule has 1 aromatic rings. The van der Waals surface area contributed by atoms with Crippen LogP contribution in [0.1, 0.15) is 0 Å². The summed E-state index contributed by atoms with van der Waals surface area (Å²) in [7, 11) is -0.139. The summed E-state index contributed by atoms with van der Waals surface area (Å²) in [6.45, 7) is -0.0524. The molecular weight excluding hydrogens is 272 g/mol. The van der Waals surface area contributed by atoms with E-state index in [9.17, 15) is 8.42 Å². The molecule has 1 aromatic carbocycles. The second-order valence-corrected chi connectivity index (χ2v) is 4.92. The molecule has 0 saturated heterocycles. The van der Waals surface area contributed by atoms with Crippen molar-refractivity contribution in [3.8, 4) is 29.6 Å². The van der Waals surface area contributed by atoms with E-state index in [1.807, 2.05) is 0 Å². The largest absolute Gasteiger partial charge is 0.493 e. The molecule has 0 unspecified atom stereocenters. The number of hydrogen-bond acceptors (Lipinski definition) is 6. The summed E-state index contributed by atoms with van der Waals surface area (Å²) >= 11 is 0. The van der Waals surface area contributed by atoms with Crippen molar-refractivity contribution in [1.82, 2.24) is 0 Å². The van der Waals surface area contributed by atoms with E-state index in [2.05, 4.69) is 10.1 Å². The molecule has 6 nitrogen and oxygen atoms in total. The third-order valence-corrected chi connectivity index (χ3v) is 3.55. The Kier molecular flexibility index (Phi) is 5.03. The Morgan fingerprint density at radius 2 is 1.84 bits per heavy atom. The molecule has 0 bridgehead atoms. The normalized spacial score (nSPS) is 10.6. The molecule has 0 atom stereocenters. The van der Waals surface area contributed by atoms with E-state index in [-0.39, 0.29) is 23.0 Å². The Hall–Kier alpha value is -1.91. The predicted molar refractivity (Wildman–Crippen MR) is 68.1 cm³/mol. The van der Waals surface area contributed by atoms with Gasteiger partial charge in [0.2, 0.25) is 5.75 Å². The van der Waals surface area contributed by atoms with Gasteiger partial charge in [-0.2, -0.15) is 8.42 Å². The number of rotatable bonds is 6. The summed E-state index contributed by atoms with van der Waals surface area (Å²) in [5.41, 5.74) is 0. The molecule has 0 saturated carbocycles. The predicted octanol–water partition coefficient (Wildman–Crippen LogP) is 1.05. The van der Waals surface area contributed by atoms with Crippen molar-refractivity contribution in [3.63, 3.8) is 0 Å². The lowest BCUT2D eigenvalue weighted by Gasteiger charge is -2.15. The lowest BCUT2D eigenvalue weighted by atomic mass is 10.3. The standard InChI is InChI=1S/C12H14O6S/c1-5-8-18-11-9(15-2)6-7-10(12(11)16-3)19(13,14)17-4/h1,6-7H,8H2,2-4H3. The Balaban J connectivity index is 3.49. The van der Waals surface area contributed by atoms with Gasteiger partial charge in [-0.25, -0.2) is 0 Å². The Bertz CT molecular complexity index is 585. The highest BCUT2D eigenvalue weighted by molar-refractivity contribution is 7.86. The molecule has 19 heavy (non-hydrogen) atoms. The average molecular weight is 286 g/mol. The molecule has 1 rings (SSSR count). The SMILES string of the molecule is C#CCOc1c(OC)ccc(S(=O)(=O)OC)c1OC. The van der Waals surface area contributed by atoms with Gasteiger partial charge in [0.15, 0.2) is 11.5 Å². The number of methoxy groups -OCH3 is 2. The molecule has 0 aliphatic rings. The van der Waals surface area contributed by atoms with Gasteiger partial charge in [-0.3, -0.25) is 4.18 Å². The fourth-order valence-electron chi connectivity index (χ4n) is 1.42. The van der Waals surface area contributed by atoms with Gasteiger partial charge in [0, 0.05) is 0 Å². The molecule has 7 heteroatoms. The van der Waals surface area contributed by atoms with Crippen LogP contribution in [0, 0.1) is 12.3 Å². The van der Waals surface area contributed by atoms with Crippen LogP contribution in [-0.2, 0) is 14.3 Å². The first kappa shape index (κ1) is 15.1. The van der Waals surface area contributed by atoms with Gasteiger partial charge >= 0.3 is 10.1 Å². The van der Waals surface area contributed by atoms with E-state index in [1.165, 1.54) is 26.4 Å². The van der Waals surface area contributed by atoms with E-state index < -0.39 is 10.1 Å². The van der Waals surface area contributed by atoms with Crippen LogP contribution in [0.25, 0.3) is 0 Å². The highest BCUT2D eigenvalue weighted by Crippen LogP contribution is 2.42. The maximum atomic E-state index is 11.8. The van der Waals surface area contributed by atoms with Crippen molar-refractivity contribution in [3.05, 3.63) is 12.1 Å². The van der Waals surface area contributed by atoms with Gasteiger partial charge < -0.3 is 14.2 Å². The van der Waals surface area contributed by atoms with Crippen LogP contribution in [0.5, 0.6) is 17.2 Å². The third-order valence-electron chi connectivity index (χ3n) is 2.25. The number of benzene rings is 1. The minimum atomic E-state index is -3.93. The fourth-order valence-corrected chi connectivity index (χ4v) is 2.24. The van der Waals surface area contributed by atoms with Crippen molar-refractivity contribution in [2.45, 2.75) is 4.90 Å². The number of hydrogen-bond donors (Lipinski definition) is 0. The highest BCUT2D eigenvalue weighted by atomic mass is 32.2. The van der Waals surface area contributed by atoms with E-state index >= 15 is 0 Å². The molecule has 0 aliphatic heterocycles. The third kappa shape index (κ3) is 3.10. The second kappa shape index (κ2) is 6.31. The molecule has 0 amide bonds. The minimum Gasteiger partial charge on any atom is -0.493 e. The Morgan fingerprint density at radius 1 is 1.16 bits per heavy atom. The molecule has 0 fully saturated rings. The maximum absolute atomic E-state index is 11.8. The Labute approximate surface area is 112 Å². The molecule has 0 spiro atoms. The summed E-state index contributed by atoms with van der Waals surface area (Å²) in [4.78, 5) is -0.162. The van der Waals surface area contributed by atoms with Crippen molar-refractivity contribution in [1.29, 1.82) is 0 Å². The first-order valence-corrected chi connectivity index (χ1v) is 6.54. The first-order chi connectivity index (χ1) is 9.01. The Morgan fingerprint density at radius 3 is 2.32 bits per heavy atom. The van der Waals surface area contributed by atoms with Gasteiger partial charge in [-0.15, -0.1) is 6.42 Å². The van der Waals surface area contributed by atoms with E-state index in [4.69, 9.17) is 20.6 Å². The van der Waals surface area contributed by atoms with Gasteiger partial charge in [-0.1, -0.05) is 5.92 Å². The van der Waals surface area contributed by atoms with Crippen LogP contribution in [-0.4, -0.2) is 36.4 Å². The van der Waals surface area contributed by atoms with Crippen molar-refractivity contribution < 1.29 is 26.8 Å². The number of ether oxygens (including phenoxy) is 3. The number of terminal acetylenes is 1. The minimum absolute atomic E-state index is 0.0172. The van der Waals surface area contributed by atoms with Gasteiger partial charge in [0.25, 0.3) is 0 Å². The van der Waals surface area contributed by atoms with E-state index in [0.717, 1.165) is 7.11 Å². The zero-order valence-electron chi connectivity index (χ0n) is 10.8. The summed E-state index contributed by atoms with van der Waals surface area (Å²) in [6.07, 6.45) is 5.11. The summed E-state index contributed by atoms with van der Waals surface area (Å²) in [5, 5.41) is 0. The summed E-state index contributed by atoms with van der Waals surface area (Å²) in [6, 6.07) is 2.74. The molecule has 0 N–H and O–H groups in total. The van der Waals surface area contributed by atoms with Gasteiger partial charge in [0.05, 0.1) is 21.3 Å². The topological polar surface area (TPSA) is 71.1 Å². The van der Waals surface area contributed by atoms with Crippen LogP contribution < -0.4 is 14.2 Å². The van der Waals surface area contributed by atoms with E-state index in [0.29, 0.717) is 5.75 Å². The van der Waals surface area contributed by atoms with Crippen molar-refractivity contribution in [2.24, 2.45) is 0 Å². The molecule has 0 radical (unpaired) electrons. The van der Waals surface area contributed by atoms with Crippen LogP contribution in [0.15, 0.2) is 17.0 Å². The molecule has 0 aliphatic carbocycles. The zero-order valence-corrected chi connectivity index (χ0v) is 11.6. The zero-order chi connectivity index (χ0) is 14.5. The fraction of sp³-hybridized carbons (Fsp3) is 0.333. The van der Waals surface area contributed by atoms with Gasteiger partial charge in [-0.05, 0) is 12.1 Å². The quantitative estimate of drug-likeness (QED) is 0.575. The van der Waals surface area contributed by atoms with Crippen molar-refractivity contribution >= 4 is 10.1 Å². The van der Waals surface area contributed by atoms with Gasteiger partial charge in [0.1, 0.15) is 11.5 Å². The van der Waals surface area contributed by atoms with Crippen LogP contribution in [0.2, 0.25) is 0 Å². The highest BCUT2D eigenvalue weighted by Gasteiger charge is 2.25. The summed E-state index contributed by atoms with van der Waals surface area (Å²) < 4.78 is 43.4. The lowest BCUT2D eigenvalue weighted by molar-refractivity contribution is 0.298. The first-order valence-electron chi connectivity index (χ1n) is 5.13. The second-order valence-electron chi connectivity index (χ2n) is 3.24. The van der Waals surface area contributed by atoms with Crippen LogP contribution in [0.4, 0.5) is 0 Å². The lowest BCUT2D eigenvalue weighted by Crippen LogP contribution is -2.08.